The number of aliphatic imine (C=N–C) groups is 1. The smallest absolute Gasteiger partial charge is 0.212 e. The molecule has 0 amide bonds. The first-order valence-electron chi connectivity index (χ1n) is 9.34. The fourth-order valence-electron chi connectivity index (χ4n) is 3.66. The highest BCUT2D eigenvalue weighted by Crippen LogP contribution is 2.34. The maximum atomic E-state index is 5.14. The van der Waals surface area contributed by atoms with Gasteiger partial charge >= 0.3 is 0 Å². The number of nitrogens with zero attached hydrogens (tertiary/aromatic N) is 4. The second-order valence-corrected chi connectivity index (χ2v) is 7.07. The largest absolute Gasteiger partial charge is 0.481 e. The van der Waals surface area contributed by atoms with E-state index in [4.69, 9.17) is 9.73 Å². The van der Waals surface area contributed by atoms with E-state index in [2.05, 4.69) is 53.8 Å². The molecule has 25 heavy (non-hydrogen) atoms. The van der Waals surface area contributed by atoms with Gasteiger partial charge < -0.3 is 9.64 Å². The van der Waals surface area contributed by atoms with Crippen molar-refractivity contribution in [3.05, 3.63) is 36.0 Å². The third-order valence-electron chi connectivity index (χ3n) is 5.30. The summed E-state index contributed by atoms with van der Waals surface area (Å²) < 4.78 is 5.14. The van der Waals surface area contributed by atoms with Crippen molar-refractivity contribution < 1.29 is 4.74 Å². The van der Waals surface area contributed by atoms with E-state index in [1.165, 1.54) is 12.0 Å². The second kappa shape index (κ2) is 8.00. The van der Waals surface area contributed by atoms with E-state index >= 15 is 0 Å². The number of pyridine rings is 1. The molecule has 0 N–H and O–H groups in total. The molecule has 4 heterocycles. The Labute approximate surface area is 151 Å². The number of piperidine rings is 1. The van der Waals surface area contributed by atoms with Crippen LogP contribution in [-0.4, -0.2) is 58.9 Å². The van der Waals surface area contributed by atoms with E-state index in [-0.39, 0.29) is 0 Å². The van der Waals surface area contributed by atoms with E-state index in [1.54, 1.807) is 7.11 Å². The van der Waals surface area contributed by atoms with E-state index in [0.29, 0.717) is 24.0 Å². The van der Waals surface area contributed by atoms with Crippen molar-refractivity contribution in [1.29, 1.82) is 0 Å². The number of aromatic nitrogens is 1. The number of hydrogen-bond acceptors (Lipinski definition) is 4. The van der Waals surface area contributed by atoms with E-state index in [0.717, 1.165) is 31.9 Å². The van der Waals surface area contributed by atoms with Crippen molar-refractivity contribution in [3.8, 4) is 5.88 Å². The highest BCUT2D eigenvalue weighted by atomic mass is 16.5. The summed E-state index contributed by atoms with van der Waals surface area (Å²) in [7, 11) is 1.65. The Morgan fingerprint density at radius 1 is 1.40 bits per heavy atom. The van der Waals surface area contributed by atoms with Crippen molar-refractivity contribution >= 4 is 5.84 Å². The summed E-state index contributed by atoms with van der Waals surface area (Å²) in [5.74, 6) is 1.83. The van der Waals surface area contributed by atoms with Crippen LogP contribution in [0.25, 0.3) is 0 Å². The average molecular weight is 342 g/mol. The highest BCUT2D eigenvalue weighted by Gasteiger charge is 2.44. The quantitative estimate of drug-likeness (QED) is 0.588. The molecule has 3 fully saturated rings. The maximum Gasteiger partial charge on any atom is 0.212 e. The number of rotatable bonds is 6. The molecule has 5 heteroatoms. The van der Waals surface area contributed by atoms with Gasteiger partial charge in [0.05, 0.1) is 7.11 Å². The Hall–Kier alpha value is -1.88. The fraction of sp³-hybridized carbons (Fsp3) is 0.600. The number of allylic oxidation sites excluding steroid dienone is 1. The molecular weight excluding hydrogens is 312 g/mol. The molecule has 136 valence electrons. The molecule has 1 aromatic heterocycles. The Morgan fingerprint density at radius 2 is 2.16 bits per heavy atom. The number of amidine groups is 1. The van der Waals surface area contributed by atoms with Crippen LogP contribution >= 0.6 is 0 Å². The molecule has 0 aromatic carbocycles. The number of methoxy groups -OCH3 is 1. The third-order valence-corrected chi connectivity index (χ3v) is 5.30. The summed E-state index contributed by atoms with van der Waals surface area (Å²) in [5, 5.41) is 0. The Kier molecular flexibility index (Phi) is 5.74. The van der Waals surface area contributed by atoms with Crippen molar-refractivity contribution in [2.45, 2.75) is 58.3 Å². The molecule has 0 radical (unpaired) electrons. The van der Waals surface area contributed by atoms with Crippen molar-refractivity contribution in [1.82, 2.24) is 14.8 Å². The lowest BCUT2D eigenvalue weighted by molar-refractivity contribution is -0.0538. The van der Waals surface area contributed by atoms with Gasteiger partial charge in [0.25, 0.3) is 0 Å². The highest BCUT2D eigenvalue weighted by molar-refractivity contribution is 5.93. The van der Waals surface area contributed by atoms with Gasteiger partial charge in [0.1, 0.15) is 5.84 Å². The molecule has 5 nitrogen and oxygen atoms in total. The Balaban J connectivity index is 1.62. The Bertz CT molecular complexity index is 613. The normalized spacial score (nSPS) is 25.1. The molecule has 4 rings (SSSR count). The van der Waals surface area contributed by atoms with Crippen molar-refractivity contribution in [2.75, 3.05) is 20.2 Å². The lowest BCUT2D eigenvalue weighted by Crippen LogP contribution is -2.68. The van der Waals surface area contributed by atoms with Crippen LogP contribution in [0, 0.1) is 0 Å². The van der Waals surface area contributed by atoms with Crippen LogP contribution < -0.4 is 4.74 Å². The van der Waals surface area contributed by atoms with Crippen molar-refractivity contribution in [3.63, 3.8) is 0 Å². The number of fused-ring (bicyclic) bond motifs is 2. The molecular formula is C20H30N4O. The summed E-state index contributed by atoms with van der Waals surface area (Å²) in [6.07, 6.45) is 8.57. The van der Waals surface area contributed by atoms with Crippen LogP contribution in [0.1, 0.15) is 39.2 Å². The van der Waals surface area contributed by atoms with E-state index in [1.807, 2.05) is 12.3 Å². The minimum absolute atomic E-state index is 0.380. The number of ether oxygens (including phenoxy) is 1. The minimum Gasteiger partial charge on any atom is -0.481 e. The van der Waals surface area contributed by atoms with E-state index < -0.39 is 0 Å². The van der Waals surface area contributed by atoms with Gasteiger partial charge in [-0.1, -0.05) is 19.1 Å². The first kappa shape index (κ1) is 17.9. The molecule has 0 aliphatic carbocycles. The third kappa shape index (κ3) is 4.03. The van der Waals surface area contributed by atoms with Crippen molar-refractivity contribution in [2.24, 2.45) is 4.99 Å². The van der Waals surface area contributed by atoms with Crippen LogP contribution in [0.5, 0.6) is 5.88 Å². The summed E-state index contributed by atoms with van der Waals surface area (Å²) in [6.45, 7) is 9.57. The summed E-state index contributed by atoms with van der Waals surface area (Å²) in [4.78, 5) is 14.3. The summed E-state index contributed by atoms with van der Waals surface area (Å²) in [6, 6.07) is 5.68. The SMILES string of the molecule is C/C=C\C(=NC(C)CC)N1CC2CC(C1)N2Cc1ccc(OC)nc1. The monoisotopic (exact) mass is 342 g/mol. The molecule has 0 saturated carbocycles. The molecule has 0 spiro atoms. The first-order valence-corrected chi connectivity index (χ1v) is 9.34. The molecule has 1 aromatic rings. The van der Waals surface area contributed by atoms with Gasteiger partial charge in [-0.25, -0.2) is 4.98 Å². The zero-order valence-electron chi connectivity index (χ0n) is 15.9. The minimum atomic E-state index is 0.380. The van der Waals surface area contributed by atoms with Crippen LogP contribution in [0.3, 0.4) is 0 Å². The lowest BCUT2D eigenvalue weighted by atomic mass is 9.86. The van der Waals surface area contributed by atoms with Gasteiger partial charge in [-0.2, -0.15) is 0 Å². The number of hydrogen-bond donors (Lipinski definition) is 0. The van der Waals surface area contributed by atoms with Crippen LogP contribution in [0.15, 0.2) is 35.5 Å². The summed E-state index contributed by atoms with van der Waals surface area (Å²) in [5.41, 5.74) is 1.26. The molecule has 2 bridgehead atoms. The van der Waals surface area contributed by atoms with Crippen LogP contribution in [0.4, 0.5) is 0 Å². The van der Waals surface area contributed by atoms with Gasteiger partial charge in [-0.3, -0.25) is 9.89 Å². The second-order valence-electron chi connectivity index (χ2n) is 7.07. The maximum absolute atomic E-state index is 5.14. The zero-order chi connectivity index (χ0) is 17.8. The fourth-order valence-corrected chi connectivity index (χ4v) is 3.66. The van der Waals surface area contributed by atoms with Crippen LogP contribution in [-0.2, 0) is 6.54 Å². The molecule has 3 aliphatic rings. The standard InChI is InChI=1S/C20H30N4O/c1-5-7-19(22-15(3)6-2)23-13-17-10-18(14-23)24(17)12-16-8-9-20(25-4)21-11-16/h5,7-9,11,15,17-18H,6,10,12-14H2,1-4H3/b7-5-,22-19?. The van der Waals surface area contributed by atoms with Gasteiger partial charge in [0.2, 0.25) is 5.88 Å². The molecule has 3 saturated heterocycles. The van der Waals surface area contributed by atoms with Gasteiger partial charge in [-0.05, 0) is 38.3 Å². The Morgan fingerprint density at radius 3 is 2.72 bits per heavy atom. The predicted octanol–water partition coefficient (Wildman–Crippen LogP) is 3.12. The van der Waals surface area contributed by atoms with Gasteiger partial charge in [0.15, 0.2) is 0 Å². The average Bonchev–Trinajstić information content (AvgIpc) is 2.66. The molecule has 3 unspecified atom stereocenters. The number of piperazine rings is 1. The van der Waals surface area contributed by atoms with Crippen LogP contribution in [0.2, 0.25) is 0 Å². The van der Waals surface area contributed by atoms with Gasteiger partial charge in [-0.15, -0.1) is 0 Å². The topological polar surface area (TPSA) is 41.0 Å². The predicted molar refractivity (Wildman–Crippen MR) is 102 cm³/mol. The zero-order valence-corrected chi connectivity index (χ0v) is 15.9. The summed E-state index contributed by atoms with van der Waals surface area (Å²) >= 11 is 0. The lowest BCUT2D eigenvalue weighted by Gasteiger charge is -2.57. The first-order chi connectivity index (χ1) is 12.1. The molecule has 3 atom stereocenters. The van der Waals surface area contributed by atoms with E-state index in [9.17, 15) is 0 Å². The molecule has 3 aliphatic heterocycles. The van der Waals surface area contributed by atoms with Gasteiger partial charge in [0, 0.05) is 50.0 Å².